The minimum absolute atomic E-state index is 0.0495. The first-order valence-corrected chi connectivity index (χ1v) is 11.3. The van der Waals surface area contributed by atoms with Crippen LogP contribution in [-0.2, 0) is 13.6 Å². The van der Waals surface area contributed by atoms with E-state index in [0.717, 1.165) is 0 Å². The van der Waals surface area contributed by atoms with Crippen LogP contribution < -0.4 is 0 Å². The van der Waals surface area contributed by atoms with Crippen LogP contribution in [0.1, 0.15) is 39.5 Å². The molecule has 0 spiro atoms. The zero-order chi connectivity index (χ0) is 16.0. The first-order chi connectivity index (χ1) is 9.02. The Morgan fingerprint density at radius 3 is 1.35 bits per heavy atom. The molecule has 0 heterocycles. The van der Waals surface area contributed by atoms with Crippen LogP contribution in [0, 0.1) is 0 Å². The van der Waals surface area contributed by atoms with E-state index in [2.05, 4.69) is 0 Å². The van der Waals surface area contributed by atoms with Crippen molar-refractivity contribution < 1.29 is 42.4 Å². The lowest BCUT2D eigenvalue weighted by molar-refractivity contribution is 0.0865. The maximum Gasteiger partial charge on any atom is 0.523 e. The van der Waals surface area contributed by atoms with Gasteiger partial charge in [0.05, 0.1) is 0 Å². The molecule has 0 bridgehead atoms. The molecule has 0 fully saturated rings. The van der Waals surface area contributed by atoms with Gasteiger partial charge in [-0.2, -0.15) is 0 Å². The van der Waals surface area contributed by atoms with Crippen LogP contribution in [0.25, 0.3) is 0 Å². The standard InChI is InChI=1S/C8H23O9PSi2/c1-3-5-7(19(10,11)12)16-18(9)17-8(6-4-2)20(13,14)15/h7-8,10-15,18H,3-6H2,1-2H3. The van der Waals surface area contributed by atoms with E-state index in [4.69, 9.17) is 37.8 Å². The Morgan fingerprint density at radius 1 is 0.850 bits per heavy atom. The molecule has 0 radical (unpaired) electrons. The lowest BCUT2D eigenvalue weighted by Crippen LogP contribution is -2.50. The van der Waals surface area contributed by atoms with Gasteiger partial charge in [0.2, 0.25) is 0 Å². The van der Waals surface area contributed by atoms with Gasteiger partial charge in [-0.3, -0.25) is 4.57 Å². The van der Waals surface area contributed by atoms with Gasteiger partial charge in [-0.25, -0.2) is 0 Å². The van der Waals surface area contributed by atoms with E-state index in [-0.39, 0.29) is 12.8 Å². The van der Waals surface area contributed by atoms with Crippen LogP contribution in [0.15, 0.2) is 0 Å². The minimum Gasteiger partial charge on any atom is -0.388 e. The smallest absolute Gasteiger partial charge is 0.388 e. The highest BCUT2D eigenvalue weighted by atomic mass is 31.1. The molecule has 0 rings (SSSR count). The second kappa shape index (κ2) is 8.71. The van der Waals surface area contributed by atoms with Crippen molar-refractivity contribution in [1.82, 2.24) is 0 Å². The molecule has 9 nitrogen and oxygen atoms in total. The van der Waals surface area contributed by atoms with E-state index in [1.807, 2.05) is 0 Å². The maximum atomic E-state index is 11.6. The summed E-state index contributed by atoms with van der Waals surface area (Å²) >= 11 is 0. The van der Waals surface area contributed by atoms with E-state index in [0.29, 0.717) is 12.8 Å². The fraction of sp³-hybridized carbons (Fsp3) is 1.00. The third-order valence-electron chi connectivity index (χ3n) is 2.44. The molecule has 0 saturated carbocycles. The van der Waals surface area contributed by atoms with E-state index >= 15 is 0 Å². The molecule has 0 aromatic heterocycles. The van der Waals surface area contributed by atoms with Crippen molar-refractivity contribution in [3.63, 3.8) is 0 Å². The van der Waals surface area contributed by atoms with Crippen LogP contribution in [0.3, 0.4) is 0 Å². The molecule has 20 heavy (non-hydrogen) atoms. The van der Waals surface area contributed by atoms with Gasteiger partial charge in [0, 0.05) is 0 Å². The second-order valence-electron chi connectivity index (χ2n) is 4.41. The Hall–Kier alpha value is 0.344. The molecular weight excluding hydrogens is 327 g/mol. The van der Waals surface area contributed by atoms with Crippen molar-refractivity contribution >= 4 is 25.9 Å². The van der Waals surface area contributed by atoms with Crippen molar-refractivity contribution in [2.45, 2.75) is 51.0 Å². The molecule has 0 aromatic rings. The second-order valence-corrected chi connectivity index (χ2v) is 9.42. The summed E-state index contributed by atoms with van der Waals surface area (Å²) in [6.07, 6.45) is 0.975. The Balaban J connectivity index is 4.65. The average Bonchev–Trinajstić information content (AvgIpc) is 2.25. The first-order valence-electron chi connectivity index (χ1n) is 6.23. The van der Waals surface area contributed by atoms with Crippen LogP contribution >= 0.6 is 8.25 Å². The van der Waals surface area contributed by atoms with Crippen LogP contribution in [-0.4, -0.2) is 57.8 Å². The number of hydrogen-bond acceptors (Lipinski definition) is 9. The van der Waals surface area contributed by atoms with Crippen molar-refractivity contribution in [3.8, 4) is 0 Å². The van der Waals surface area contributed by atoms with Crippen molar-refractivity contribution in [2.24, 2.45) is 0 Å². The van der Waals surface area contributed by atoms with E-state index < -0.39 is 37.3 Å². The summed E-state index contributed by atoms with van der Waals surface area (Å²) in [6, 6.07) is 0. The van der Waals surface area contributed by atoms with Crippen LogP contribution in [0.4, 0.5) is 0 Å². The van der Waals surface area contributed by atoms with E-state index in [1.165, 1.54) is 0 Å². The summed E-state index contributed by atoms with van der Waals surface area (Å²) in [5, 5.41) is 0. The van der Waals surface area contributed by atoms with Gasteiger partial charge in [0.1, 0.15) is 11.5 Å². The molecule has 0 saturated heterocycles. The molecular formula is C8H23O9PSi2. The quantitative estimate of drug-likeness (QED) is 0.207. The zero-order valence-electron chi connectivity index (χ0n) is 11.4. The SMILES string of the molecule is CCCC(O[PH](=O)OC(CCC)[Si](O)(O)O)[Si](O)(O)O. The number of hydrogen-bond donors (Lipinski definition) is 6. The van der Waals surface area contributed by atoms with Crippen molar-refractivity contribution in [3.05, 3.63) is 0 Å². The molecule has 6 N–H and O–H groups in total. The van der Waals surface area contributed by atoms with E-state index in [9.17, 15) is 4.57 Å². The summed E-state index contributed by atoms with van der Waals surface area (Å²) in [4.78, 5) is 55.0. The van der Waals surface area contributed by atoms with Gasteiger partial charge in [0.15, 0.2) is 0 Å². The summed E-state index contributed by atoms with van der Waals surface area (Å²) in [5.41, 5.74) is -2.87. The molecule has 0 amide bonds. The third kappa shape index (κ3) is 7.95. The van der Waals surface area contributed by atoms with Gasteiger partial charge in [0.25, 0.3) is 0 Å². The molecule has 122 valence electrons. The Morgan fingerprint density at radius 2 is 1.15 bits per heavy atom. The predicted octanol–water partition coefficient (Wildman–Crippen LogP) is -1.34. The number of rotatable bonds is 10. The lowest BCUT2D eigenvalue weighted by atomic mass is 10.4. The Labute approximate surface area is 120 Å². The highest BCUT2D eigenvalue weighted by Crippen LogP contribution is 2.33. The molecule has 0 aromatic carbocycles. The largest absolute Gasteiger partial charge is 0.523 e. The molecule has 0 aliphatic heterocycles. The van der Waals surface area contributed by atoms with Crippen LogP contribution in [0.5, 0.6) is 0 Å². The first kappa shape index (κ1) is 20.3. The zero-order valence-corrected chi connectivity index (χ0v) is 14.4. The topological polar surface area (TPSA) is 157 Å². The van der Waals surface area contributed by atoms with Gasteiger partial charge in [-0.05, 0) is 12.8 Å². The average molecular weight is 350 g/mol. The van der Waals surface area contributed by atoms with Gasteiger partial charge in [-0.15, -0.1) is 0 Å². The predicted molar refractivity (Wildman–Crippen MR) is 73.4 cm³/mol. The summed E-state index contributed by atoms with van der Waals surface area (Å²) in [5.74, 6) is 0. The van der Waals surface area contributed by atoms with Gasteiger partial charge in [-0.1, -0.05) is 26.7 Å². The fourth-order valence-electron chi connectivity index (χ4n) is 1.45. The maximum absolute atomic E-state index is 11.6. The summed E-state index contributed by atoms with van der Waals surface area (Å²) in [6.45, 7) is 3.39. The Kier molecular flexibility index (Phi) is 8.86. The minimum atomic E-state index is -4.64. The van der Waals surface area contributed by atoms with Crippen molar-refractivity contribution in [2.75, 3.05) is 0 Å². The fourth-order valence-corrected chi connectivity index (χ4v) is 5.40. The summed E-state index contributed by atoms with van der Waals surface area (Å²) in [7, 11) is -12.6. The van der Waals surface area contributed by atoms with Gasteiger partial charge < -0.3 is 37.8 Å². The van der Waals surface area contributed by atoms with Crippen LogP contribution in [0.2, 0.25) is 0 Å². The summed E-state index contributed by atoms with van der Waals surface area (Å²) < 4.78 is 21.1. The molecule has 0 aliphatic carbocycles. The van der Waals surface area contributed by atoms with Crippen molar-refractivity contribution in [1.29, 1.82) is 0 Å². The molecule has 2 atom stereocenters. The molecule has 0 aliphatic rings. The van der Waals surface area contributed by atoms with Gasteiger partial charge >= 0.3 is 25.9 Å². The highest BCUT2D eigenvalue weighted by molar-refractivity contribution is 7.33. The monoisotopic (exact) mass is 350 g/mol. The Bertz CT molecular complexity index is 275. The normalized spacial score (nSPS) is 17.8. The highest BCUT2D eigenvalue weighted by Gasteiger charge is 2.44. The lowest BCUT2D eigenvalue weighted by Gasteiger charge is -2.25. The molecule has 12 heteroatoms. The third-order valence-corrected chi connectivity index (χ3v) is 6.41. The van der Waals surface area contributed by atoms with E-state index in [1.54, 1.807) is 13.8 Å². The molecule has 2 unspecified atom stereocenters.